The third-order valence-electron chi connectivity index (χ3n) is 4.72. The molecule has 0 saturated carbocycles. The van der Waals surface area contributed by atoms with Crippen LogP contribution in [0.1, 0.15) is 25.3 Å². The summed E-state index contributed by atoms with van der Waals surface area (Å²) in [6.07, 6.45) is 1.64. The molecule has 152 valence electrons. The normalized spacial score (nSPS) is 19.8. The van der Waals surface area contributed by atoms with Crippen LogP contribution in [0, 0.1) is 5.41 Å². The predicted octanol–water partition coefficient (Wildman–Crippen LogP) is 2.20. The molecule has 1 heterocycles. The van der Waals surface area contributed by atoms with Crippen molar-refractivity contribution < 1.29 is 19.3 Å². The Labute approximate surface area is 166 Å². The maximum atomic E-state index is 9.34. The van der Waals surface area contributed by atoms with Crippen molar-refractivity contribution in [1.29, 1.82) is 0 Å². The lowest BCUT2D eigenvalue weighted by molar-refractivity contribution is 0.127. The Morgan fingerprint density at radius 2 is 2.22 bits per heavy atom. The highest BCUT2D eigenvalue weighted by Crippen LogP contribution is 2.36. The average molecular weight is 400 g/mol. The summed E-state index contributed by atoms with van der Waals surface area (Å²) in [5.74, 6) is 1.84. The standard InChI is InChI=1S/C19H30ClN3O4/c1-4-27-17-15(20)9-14(10-16(17)25-3)11-22-18(21-2)23-12-19(5-7-24)6-8-26-13-19/h9-10,24H,4-8,11-13H2,1-3H3,(H2,21,22,23). The molecule has 1 aromatic carbocycles. The number of hydrogen-bond donors (Lipinski definition) is 3. The second-order valence-corrected chi connectivity index (χ2v) is 7.00. The Morgan fingerprint density at radius 1 is 1.41 bits per heavy atom. The van der Waals surface area contributed by atoms with E-state index in [1.54, 1.807) is 14.2 Å². The van der Waals surface area contributed by atoms with Gasteiger partial charge in [-0.2, -0.15) is 0 Å². The third-order valence-corrected chi connectivity index (χ3v) is 5.00. The van der Waals surface area contributed by atoms with E-state index >= 15 is 0 Å². The molecule has 1 atom stereocenters. The van der Waals surface area contributed by atoms with Crippen LogP contribution in [-0.4, -0.2) is 58.2 Å². The highest BCUT2D eigenvalue weighted by Gasteiger charge is 2.34. The van der Waals surface area contributed by atoms with Crippen molar-refractivity contribution in [2.45, 2.75) is 26.3 Å². The van der Waals surface area contributed by atoms with E-state index in [4.69, 9.17) is 25.8 Å². The van der Waals surface area contributed by atoms with E-state index in [0.717, 1.165) is 18.6 Å². The molecular formula is C19H30ClN3O4. The summed E-state index contributed by atoms with van der Waals surface area (Å²) < 4.78 is 16.5. The number of nitrogens with one attached hydrogen (secondary N) is 2. The molecule has 1 aliphatic heterocycles. The first-order valence-corrected chi connectivity index (χ1v) is 9.57. The maximum absolute atomic E-state index is 9.34. The van der Waals surface area contributed by atoms with Crippen molar-refractivity contribution in [3.63, 3.8) is 0 Å². The van der Waals surface area contributed by atoms with Gasteiger partial charge >= 0.3 is 0 Å². The van der Waals surface area contributed by atoms with Crippen LogP contribution in [0.15, 0.2) is 17.1 Å². The largest absolute Gasteiger partial charge is 0.493 e. The first-order chi connectivity index (χ1) is 13.1. The summed E-state index contributed by atoms with van der Waals surface area (Å²) in [4.78, 5) is 4.27. The maximum Gasteiger partial charge on any atom is 0.191 e. The van der Waals surface area contributed by atoms with Crippen molar-refractivity contribution in [1.82, 2.24) is 10.6 Å². The Kier molecular flexibility index (Phi) is 8.47. The van der Waals surface area contributed by atoms with Crippen LogP contribution in [0.25, 0.3) is 0 Å². The van der Waals surface area contributed by atoms with E-state index in [1.165, 1.54) is 0 Å². The van der Waals surface area contributed by atoms with Gasteiger partial charge in [0.15, 0.2) is 17.5 Å². The molecule has 0 aliphatic carbocycles. The van der Waals surface area contributed by atoms with E-state index in [2.05, 4.69) is 15.6 Å². The molecule has 3 N–H and O–H groups in total. The fraction of sp³-hybridized carbons (Fsp3) is 0.632. The van der Waals surface area contributed by atoms with Crippen molar-refractivity contribution in [3.8, 4) is 11.5 Å². The lowest BCUT2D eigenvalue weighted by Gasteiger charge is -2.27. The van der Waals surface area contributed by atoms with Crippen LogP contribution < -0.4 is 20.1 Å². The number of aliphatic hydroxyl groups is 1. The van der Waals surface area contributed by atoms with Crippen LogP contribution >= 0.6 is 11.6 Å². The third kappa shape index (κ3) is 5.89. The van der Waals surface area contributed by atoms with Crippen molar-refractivity contribution in [3.05, 3.63) is 22.7 Å². The Bertz CT molecular complexity index is 634. The topological polar surface area (TPSA) is 84.3 Å². The number of nitrogens with zero attached hydrogens (tertiary/aromatic N) is 1. The van der Waals surface area contributed by atoms with Gasteiger partial charge in [-0.25, -0.2) is 0 Å². The second kappa shape index (κ2) is 10.6. The molecule has 1 unspecified atom stereocenters. The molecule has 0 aromatic heterocycles. The molecule has 1 fully saturated rings. The number of methoxy groups -OCH3 is 1. The second-order valence-electron chi connectivity index (χ2n) is 6.60. The van der Waals surface area contributed by atoms with E-state index in [1.807, 2.05) is 19.1 Å². The molecule has 1 saturated heterocycles. The predicted molar refractivity (Wildman–Crippen MR) is 107 cm³/mol. The molecule has 1 aliphatic rings. The summed E-state index contributed by atoms with van der Waals surface area (Å²) >= 11 is 6.33. The van der Waals surface area contributed by atoms with E-state index in [0.29, 0.717) is 55.2 Å². The zero-order chi connectivity index (χ0) is 19.7. The lowest BCUT2D eigenvalue weighted by Crippen LogP contribution is -2.44. The van der Waals surface area contributed by atoms with Gasteiger partial charge in [0.25, 0.3) is 0 Å². The van der Waals surface area contributed by atoms with E-state index in [-0.39, 0.29) is 12.0 Å². The summed E-state index contributed by atoms with van der Waals surface area (Å²) in [6.45, 7) is 5.19. The SMILES string of the molecule is CCOc1c(Cl)cc(CNC(=NC)NCC2(CCO)CCOC2)cc1OC. The molecule has 27 heavy (non-hydrogen) atoms. The minimum atomic E-state index is -0.0436. The van der Waals surface area contributed by atoms with Crippen molar-refractivity contribution >= 4 is 17.6 Å². The summed E-state index contributed by atoms with van der Waals surface area (Å²) in [5.41, 5.74) is 0.912. The molecule has 0 amide bonds. The summed E-state index contributed by atoms with van der Waals surface area (Å²) in [6, 6.07) is 3.75. The molecule has 8 heteroatoms. The fourth-order valence-corrected chi connectivity index (χ4v) is 3.44. The fourth-order valence-electron chi connectivity index (χ4n) is 3.15. The quantitative estimate of drug-likeness (QED) is 0.436. The van der Waals surface area contributed by atoms with Gasteiger partial charge in [0.1, 0.15) is 0 Å². The number of halogens is 1. The summed E-state index contributed by atoms with van der Waals surface area (Å²) in [7, 11) is 3.32. The van der Waals surface area contributed by atoms with Crippen LogP contribution in [0.3, 0.4) is 0 Å². The van der Waals surface area contributed by atoms with Gasteiger partial charge in [-0.15, -0.1) is 0 Å². The molecule has 7 nitrogen and oxygen atoms in total. The highest BCUT2D eigenvalue weighted by molar-refractivity contribution is 6.32. The van der Waals surface area contributed by atoms with Gasteiger partial charge in [0.2, 0.25) is 0 Å². The number of benzene rings is 1. The van der Waals surface area contributed by atoms with Gasteiger partial charge in [0, 0.05) is 38.8 Å². The first-order valence-electron chi connectivity index (χ1n) is 9.20. The van der Waals surface area contributed by atoms with Crippen molar-refractivity contribution in [2.24, 2.45) is 10.4 Å². The number of guanidine groups is 1. The van der Waals surface area contributed by atoms with Crippen LogP contribution in [-0.2, 0) is 11.3 Å². The average Bonchev–Trinajstić information content (AvgIpc) is 3.12. The first kappa shape index (κ1) is 21.6. The Morgan fingerprint density at radius 3 is 2.81 bits per heavy atom. The summed E-state index contributed by atoms with van der Waals surface area (Å²) in [5, 5.41) is 16.5. The molecule has 0 bridgehead atoms. The minimum absolute atomic E-state index is 0.0436. The van der Waals surface area contributed by atoms with Crippen LogP contribution in [0.4, 0.5) is 0 Å². The molecule has 0 spiro atoms. The smallest absolute Gasteiger partial charge is 0.191 e. The monoisotopic (exact) mass is 399 g/mol. The van der Waals surface area contributed by atoms with Gasteiger partial charge in [0.05, 0.1) is 25.3 Å². The van der Waals surface area contributed by atoms with Gasteiger partial charge in [-0.05, 0) is 37.5 Å². The molecular weight excluding hydrogens is 370 g/mol. The number of aliphatic hydroxyl groups excluding tert-OH is 1. The van der Waals surface area contributed by atoms with E-state index < -0.39 is 0 Å². The molecule has 0 radical (unpaired) electrons. The Balaban J connectivity index is 1.96. The number of hydrogen-bond acceptors (Lipinski definition) is 5. The van der Waals surface area contributed by atoms with Gasteiger partial charge < -0.3 is 30.0 Å². The van der Waals surface area contributed by atoms with Crippen LogP contribution in [0.2, 0.25) is 5.02 Å². The molecule has 2 rings (SSSR count). The van der Waals surface area contributed by atoms with Gasteiger partial charge in [-0.1, -0.05) is 11.6 Å². The lowest BCUT2D eigenvalue weighted by atomic mass is 9.84. The van der Waals surface area contributed by atoms with E-state index in [9.17, 15) is 5.11 Å². The Hall–Kier alpha value is -1.70. The molecule has 1 aromatic rings. The zero-order valence-corrected chi connectivity index (χ0v) is 17.1. The van der Waals surface area contributed by atoms with Gasteiger partial charge in [-0.3, -0.25) is 4.99 Å². The number of aliphatic imine (C=N–C) groups is 1. The number of rotatable bonds is 9. The van der Waals surface area contributed by atoms with Crippen LogP contribution in [0.5, 0.6) is 11.5 Å². The minimum Gasteiger partial charge on any atom is -0.493 e. The zero-order valence-electron chi connectivity index (χ0n) is 16.3. The highest BCUT2D eigenvalue weighted by atomic mass is 35.5. The van der Waals surface area contributed by atoms with Crippen molar-refractivity contribution in [2.75, 3.05) is 47.1 Å². The number of ether oxygens (including phenoxy) is 3.